The van der Waals surface area contributed by atoms with E-state index in [1.807, 2.05) is 13.0 Å². The molecule has 1 N–H and O–H groups in total. The van der Waals surface area contributed by atoms with Gasteiger partial charge in [-0.2, -0.15) is 0 Å². The number of halogens is 1. The first kappa shape index (κ1) is 12.9. The number of rotatable bonds is 3. The molecule has 1 aliphatic carbocycles. The van der Waals surface area contributed by atoms with Crippen LogP contribution in [-0.4, -0.2) is 10.7 Å². The Bertz CT molecular complexity index is 402. The van der Waals surface area contributed by atoms with E-state index in [4.69, 9.17) is 11.6 Å². The molecule has 94 valence electrons. The Morgan fingerprint density at radius 3 is 2.88 bits per heavy atom. The van der Waals surface area contributed by atoms with E-state index in [0.29, 0.717) is 12.3 Å². The smallest absolute Gasteiger partial charge is 0.0716 e. The van der Waals surface area contributed by atoms with Crippen molar-refractivity contribution >= 4 is 11.6 Å². The van der Waals surface area contributed by atoms with E-state index in [9.17, 15) is 5.11 Å². The predicted octanol–water partition coefficient (Wildman–Crippen LogP) is 4.13. The first-order chi connectivity index (χ1) is 8.05. The minimum absolute atomic E-state index is 0.430. The van der Waals surface area contributed by atoms with Gasteiger partial charge in [-0.05, 0) is 42.9 Å². The van der Waals surface area contributed by atoms with Crippen LogP contribution in [0.5, 0.6) is 0 Å². The van der Waals surface area contributed by atoms with Crippen molar-refractivity contribution in [1.82, 2.24) is 0 Å². The summed E-state index contributed by atoms with van der Waals surface area (Å²) in [5.74, 6) is 0.430. The summed E-state index contributed by atoms with van der Waals surface area (Å²) in [5.41, 5.74) is 1.72. The molecule has 1 nitrogen and oxygen atoms in total. The van der Waals surface area contributed by atoms with Crippen LogP contribution in [0.25, 0.3) is 0 Å². The van der Waals surface area contributed by atoms with Crippen molar-refractivity contribution in [3.8, 4) is 0 Å². The lowest BCUT2D eigenvalue weighted by atomic mass is 9.83. The molecule has 2 rings (SSSR count). The van der Waals surface area contributed by atoms with Crippen LogP contribution in [-0.2, 0) is 6.42 Å². The van der Waals surface area contributed by atoms with E-state index in [-0.39, 0.29) is 0 Å². The molecule has 0 amide bonds. The van der Waals surface area contributed by atoms with Crippen LogP contribution in [0.3, 0.4) is 0 Å². The molecule has 0 radical (unpaired) electrons. The molecule has 1 aromatic carbocycles. The molecule has 0 heterocycles. The topological polar surface area (TPSA) is 20.2 Å². The molecule has 0 spiro atoms. The zero-order valence-electron chi connectivity index (χ0n) is 10.7. The summed E-state index contributed by atoms with van der Waals surface area (Å²) in [6.07, 6.45) is 4.95. The fourth-order valence-electron chi connectivity index (χ4n) is 3.07. The van der Waals surface area contributed by atoms with Gasteiger partial charge in [0.05, 0.1) is 5.60 Å². The van der Waals surface area contributed by atoms with Crippen molar-refractivity contribution in [3.05, 3.63) is 34.3 Å². The molecule has 1 aliphatic rings. The van der Waals surface area contributed by atoms with Crippen molar-refractivity contribution in [1.29, 1.82) is 0 Å². The summed E-state index contributed by atoms with van der Waals surface area (Å²) in [6, 6.07) is 6.11. The second-order valence-corrected chi connectivity index (χ2v) is 5.78. The highest BCUT2D eigenvalue weighted by atomic mass is 35.5. The highest BCUT2D eigenvalue weighted by Gasteiger charge is 2.40. The van der Waals surface area contributed by atoms with Gasteiger partial charge in [0.15, 0.2) is 0 Å². The van der Waals surface area contributed by atoms with Crippen LogP contribution in [0.2, 0.25) is 5.02 Å². The Balaban J connectivity index is 2.19. The Morgan fingerprint density at radius 2 is 2.24 bits per heavy atom. The van der Waals surface area contributed by atoms with Crippen LogP contribution in [0, 0.1) is 12.8 Å². The molecule has 0 saturated heterocycles. The number of hydrogen-bond donors (Lipinski definition) is 1. The third-order valence-corrected chi connectivity index (χ3v) is 4.47. The largest absolute Gasteiger partial charge is 0.389 e. The van der Waals surface area contributed by atoms with Gasteiger partial charge in [0.2, 0.25) is 0 Å². The molecule has 1 aromatic rings. The van der Waals surface area contributed by atoms with Gasteiger partial charge in [0, 0.05) is 11.4 Å². The second-order valence-electron chi connectivity index (χ2n) is 5.37. The molecule has 0 bridgehead atoms. The third kappa shape index (κ3) is 2.66. The second kappa shape index (κ2) is 4.99. The van der Waals surface area contributed by atoms with Crippen LogP contribution in [0.4, 0.5) is 0 Å². The number of hydrogen-bond acceptors (Lipinski definition) is 1. The molecule has 1 saturated carbocycles. The van der Waals surface area contributed by atoms with Gasteiger partial charge >= 0.3 is 0 Å². The highest BCUT2D eigenvalue weighted by Crippen LogP contribution is 2.40. The third-order valence-electron chi connectivity index (χ3n) is 4.12. The molecule has 0 aliphatic heterocycles. The van der Waals surface area contributed by atoms with E-state index in [1.165, 1.54) is 5.56 Å². The van der Waals surface area contributed by atoms with E-state index in [0.717, 1.165) is 36.3 Å². The number of aryl methyl sites for hydroxylation is 1. The summed E-state index contributed by atoms with van der Waals surface area (Å²) in [7, 11) is 0. The standard InChI is InChI=1S/C15H21ClO/c1-3-13-5-4-8-15(13,17)10-12-7-6-11(2)9-14(12)16/h6-7,9,13,17H,3-5,8,10H2,1-2H3. The van der Waals surface area contributed by atoms with Crippen molar-refractivity contribution in [2.75, 3.05) is 0 Å². The van der Waals surface area contributed by atoms with E-state index < -0.39 is 5.60 Å². The molecular weight excluding hydrogens is 232 g/mol. The fraction of sp³-hybridized carbons (Fsp3) is 0.600. The van der Waals surface area contributed by atoms with E-state index in [2.05, 4.69) is 19.1 Å². The van der Waals surface area contributed by atoms with Crippen molar-refractivity contribution < 1.29 is 5.11 Å². The average molecular weight is 253 g/mol. The SMILES string of the molecule is CCC1CCCC1(O)Cc1ccc(C)cc1Cl. The summed E-state index contributed by atoms with van der Waals surface area (Å²) >= 11 is 6.25. The van der Waals surface area contributed by atoms with Crippen LogP contribution >= 0.6 is 11.6 Å². The minimum Gasteiger partial charge on any atom is -0.389 e. The zero-order valence-corrected chi connectivity index (χ0v) is 11.4. The van der Waals surface area contributed by atoms with Gasteiger partial charge in [-0.3, -0.25) is 0 Å². The first-order valence-corrected chi connectivity index (χ1v) is 6.90. The Morgan fingerprint density at radius 1 is 1.47 bits per heavy atom. The maximum Gasteiger partial charge on any atom is 0.0716 e. The quantitative estimate of drug-likeness (QED) is 0.858. The molecule has 2 atom stereocenters. The summed E-state index contributed by atoms with van der Waals surface area (Å²) in [5, 5.41) is 11.5. The average Bonchev–Trinajstić information content (AvgIpc) is 2.64. The molecule has 2 unspecified atom stereocenters. The maximum atomic E-state index is 10.7. The molecule has 17 heavy (non-hydrogen) atoms. The van der Waals surface area contributed by atoms with Crippen molar-refractivity contribution in [2.45, 2.75) is 51.6 Å². The summed E-state index contributed by atoms with van der Waals surface area (Å²) in [6.45, 7) is 4.20. The normalized spacial score (nSPS) is 28.6. The fourth-order valence-corrected chi connectivity index (χ4v) is 3.37. The molecule has 0 aromatic heterocycles. The van der Waals surface area contributed by atoms with Gasteiger partial charge in [-0.1, -0.05) is 43.5 Å². The lowest BCUT2D eigenvalue weighted by Crippen LogP contribution is -2.35. The Hall–Kier alpha value is -0.530. The maximum absolute atomic E-state index is 10.7. The van der Waals surface area contributed by atoms with Gasteiger partial charge in [-0.25, -0.2) is 0 Å². The zero-order chi connectivity index (χ0) is 12.5. The Labute approximate surface area is 109 Å². The van der Waals surface area contributed by atoms with Crippen LogP contribution < -0.4 is 0 Å². The monoisotopic (exact) mass is 252 g/mol. The predicted molar refractivity (Wildman–Crippen MR) is 72.5 cm³/mol. The highest BCUT2D eigenvalue weighted by molar-refractivity contribution is 6.31. The number of aliphatic hydroxyl groups is 1. The first-order valence-electron chi connectivity index (χ1n) is 6.52. The Kier molecular flexibility index (Phi) is 3.79. The summed E-state index contributed by atoms with van der Waals surface area (Å²) in [4.78, 5) is 0. The molecule has 2 heteroatoms. The molecular formula is C15H21ClO. The van der Waals surface area contributed by atoms with Gasteiger partial charge in [0.25, 0.3) is 0 Å². The van der Waals surface area contributed by atoms with E-state index >= 15 is 0 Å². The van der Waals surface area contributed by atoms with Gasteiger partial charge in [0.1, 0.15) is 0 Å². The number of benzene rings is 1. The molecule has 1 fully saturated rings. The van der Waals surface area contributed by atoms with Gasteiger partial charge < -0.3 is 5.11 Å². The minimum atomic E-state index is -0.534. The van der Waals surface area contributed by atoms with Crippen molar-refractivity contribution in [2.24, 2.45) is 5.92 Å². The lowest BCUT2D eigenvalue weighted by Gasteiger charge is -2.30. The lowest BCUT2D eigenvalue weighted by molar-refractivity contribution is 0.00148. The summed E-state index contributed by atoms with van der Waals surface area (Å²) < 4.78 is 0. The van der Waals surface area contributed by atoms with Crippen LogP contribution in [0.15, 0.2) is 18.2 Å². The van der Waals surface area contributed by atoms with E-state index in [1.54, 1.807) is 0 Å². The van der Waals surface area contributed by atoms with Crippen LogP contribution in [0.1, 0.15) is 43.7 Å². The van der Waals surface area contributed by atoms with Gasteiger partial charge in [-0.15, -0.1) is 0 Å². The van der Waals surface area contributed by atoms with Crippen molar-refractivity contribution in [3.63, 3.8) is 0 Å².